The first-order valence-electron chi connectivity index (χ1n) is 8.35. The molecule has 0 amide bonds. The van der Waals surface area contributed by atoms with Gasteiger partial charge in [0.25, 0.3) is 0 Å². The molecule has 1 rings (SSSR count). The minimum absolute atomic E-state index is 0.237. The van der Waals surface area contributed by atoms with Crippen LogP contribution in [0, 0.1) is 5.92 Å². The normalized spacial score (nSPS) is 13.8. The molecule has 0 saturated heterocycles. The van der Waals surface area contributed by atoms with Crippen LogP contribution in [-0.2, 0) is 21.3 Å². The van der Waals surface area contributed by atoms with E-state index in [9.17, 15) is 8.42 Å². The van der Waals surface area contributed by atoms with E-state index in [1.54, 1.807) is 25.2 Å². The van der Waals surface area contributed by atoms with Crippen molar-refractivity contribution in [1.82, 2.24) is 15.4 Å². The summed E-state index contributed by atoms with van der Waals surface area (Å²) in [4.78, 5) is 4.43. The van der Waals surface area contributed by atoms with Gasteiger partial charge in [-0.05, 0) is 30.5 Å². The molecule has 0 bridgehead atoms. The maximum absolute atomic E-state index is 12.3. The lowest BCUT2D eigenvalue weighted by Crippen LogP contribution is -2.43. The summed E-state index contributed by atoms with van der Waals surface area (Å²) in [6, 6.07) is 7.12. The lowest BCUT2D eigenvalue weighted by Gasteiger charge is -2.20. The zero-order valence-corrected chi connectivity index (χ0v) is 16.5. The van der Waals surface area contributed by atoms with Crippen molar-refractivity contribution >= 4 is 16.0 Å². The van der Waals surface area contributed by atoms with E-state index < -0.39 is 10.0 Å². The first kappa shape index (κ1) is 21.4. The number of sulfonamides is 1. The molecule has 142 valence electrons. The third kappa shape index (κ3) is 7.41. The van der Waals surface area contributed by atoms with Crippen molar-refractivity contribution in [2.45, 2.75) is 38.3 Å². The van der Waals surface area contributed by atoms with Gasteiger partial charge in [-0.15, -0.1) is 0 Å². The van der Waals surface area contributed by atoms with Gasteiger partial charge in [-0.25, -0.2) is 13.1 Å². The molecule has 1 atom stereocenters. The summed E-state index contributed by atoms with van der Waals surface area (Å²) in [6.07, 6.45) is 0. The van der Waals surface area contributed by atoms with Gasteiger partial charge in [0.15, 0.2) is 5.96 Å². The van der Waals surface area contributed by atoms with Crippen LogP contribution < -0.4 is 15.4 Å². The third-order valence-corrected chi connectivity index (χ3v) is 5.31. The molecule has 1 aromatic rings. The average Bonchev–Trinajstić information content (AvgIpc) is 2.58. The van der Waals surface area contributed by atoms with E-state index in [0.717, 1.165) is 5.56 Å². The summed E-state index contributed by atoms with van der Waals surface area (Å²) >= 11 is 0. The number of nitrogens with zero attached hydrogens (tertiary/aromatic N) is 1. The van der Waals surface area contributed by atoms with Crippen LogP contribution in [0.4, 0.5) is 0 Å². The van der Waals surface area contributed by atoms with Crippen molar-refractivity contribution in [2.75, 3.05) is 27.3 Å². The standard InChI is InChI=1S/C17H30N4O3S/c1-13(2)14(3)21-17(18-4)19-12-15-7-6-8-16(11-15)25(22,23)20-9-10-24-5/h6-8,11,13-14,20H,9-10,12H2,1-5H3,(H2,18,19,21). The van der Waals surface area contributed by atoms with Crippen LogP contribution in [0.2, 0.25) is 0 Å². The van der Waals surface area contributed by atoms with Gasteiger partial charge in [-0.2, -0.15) is 0 Å². The second kappa shape index (κ2) is 10.4. The van der Waals surface area contributed by atoms with Crippen LogP contribution in [0.25, 0.3) is 0 Å². The largest absolute Gasteiger partial charge is 0.383 e. The predicted molar refractivity (Wildman–Crippen MR) is 101 cm³/mol. The Morgan fingerprint density at radius 2 is 2.00 bits per heavy atom. The van der Waals surface area contributed by atoms with Crippen molar-refractivity contribution in [3.05, 3.63) is 29.8 Å². The molecule has 0 heterocycles. The molecular formula is C17H30N4O3S. The highest BCUT2D eigenvalue weighted by atomic mass is 32.2. The van der Waals surface area contributed by atoms with E-state index in [1.807, 2.05) is 6.07 Å². The molecule has 0 fully saturated rings. The number of nitrogens with one attached hydrogen (secondary N) is 3. The van der Waals surface area contributed by atoms with Gasteiger partial charge in [0, 0.05) is 33.3 Å². The van der Waals surface area contributed by atoms with Crippen LogP contribution in [0.3, 0.4) is 0 Å². The van der Waals surface area contributed by atoms with E-state index in [2.05, 4.69) is 41.1 Å². The van der Waals surface area contributed by atoms with Gasteiger partial charge in [-0.1, -0.05) is 26.0 Å². The lowest BCUT2D eigenvalue weighted by atomic mass is 10.1. The second-order valence-corrected chi connectivity index (χ2v) is 7.91. The summed E-state index contributed by atoms with van der Waals surface area (Å²) in [6.45, 7) is 7.41. The second-order valence-electron chi connectivity index (χ2n) is 6.14. The Kier molecular flexibility index (Phi) is 8.88. The Balaban J connectivity index is 2.72. The fourth-order valence-electron chi connectivity index (χ4n) is 1.95. The lowest BCUT2D eigenvalue weighted by molar-refractivity contribution is 0.204. The van der Waals surface area contributed by atoms with Crippen LogP contribution in [0.1, 0.15) is 26.3 Å². The summed E-state index contributed by atoms with van der Waals surface area (Å²) in [5, 5.41) is 6.52. The Morgan fingerprint density at radius 3 is 2.60 bits per heavy atom. The van der Waals surface area contributed by atoms with Crippen LogP contribution in [0.15, 0.2) is 34.2 Å². The monoisotopic (exact) mass is 370 g/mol. The van der Waals surface area contributed by atoms with Crippen LogP contribution in [0.5, 0.6) is 0 Å². The molecule has 0 aliphatic rings. The minimum atomic E-state index is -3.53. The number of hydrogen-bond donors (Lipinski definition) is 3. The molecule has 1 aromatic carbocycles. The summed E-state index contributed by atoms with van der Waals surface area (Å²) in [5.41, 5.74) is 0.856. The summed E-state index contributed by atoms with van der Waals surface area (Å²) in [5.74, 6) is 1.16. The van der Waals surface area contributed by atoms with Crippen molar-refractivity contribution in [1.29, 1.82) is 0 Å². The number of methoxy groups -OCH3 is 1. The van der Waals surface area contributed by atoms with E-state index in [0.29, 0.717) is 25.0 Å². The molecule has 0 spiro atoms. The number of ether oxygens (including phenoxy) is 1. The summed E-state index contributed by atoms with van der Waals surface area (Å²) < 4.78 is 31.9. The predicted octanol–water partition coefficient (Wildman–Crippen LogP) is 1.32. The Hall–Kier alpha value is -1.64. The maximum atomic E-state index is 12.3. The van der Waals surface area contributed by atoms with Gasteiger partial charge in [0.1, 0.15) is 0 Å². The molecule has 8 heteroatoms. The number of benzene rings is 1. The quantitative estimate of drug-likeness (QED) is 0.346. The van der Waals surface area contributed by atoms with Crippen LogP contribution in [-0.4, -0.2) is 47.7 Å². The van der Waals surface area contributed by atoms with Crippen molar-refractivity contribution in [3.8, 4) is 0 Å². The molecule has 0 aromatic heterocycles. The molecule has 0 aliphatic heterocycles. The molecule has 7 nitrogen and oxygen atoms in total. The molecule has 0 aliphatic carbocycles. The van der Waals surface area contributed by atoms with E-state index in [-0.39, 0.29) is 17.5 Å². The van der Waals surface area contributed by atoms with Crippen LogP contribution >= 0.6 is 0 Å². The van der Waals surface area contributed by atoms with Gasteiger partial charge >= 0.3 is 0 Å². The Labute approximate surface area is 151 Å². The molecule has 0 saturated carbocycles. The molecule has 0 radical (unpaired) electrons. The minimum Gasteiger partial charge on any atom is -0.383 e. The van der Waals surface area contributed by atoms with Crippen molar-refractivity contribution in [3.63, 3.8) is 0 Å². The zero-order valence-electron chi connectivity index (χ0n) is 15.7. The van der Waals surface area contributed by atoms with Gasteiger partial charge < -0.3 is 15.4 Å². The fraction of sp³-hybridized carbons (Fsp3) is 0.588. The molecular weight excluding hydrogens is 340 g/mol. The Bertz CT molecular complexity index is 660. The molecule has 1 unspecified atom stereocenters. The number of aliphatic imine (C=N–C) groups is 1. The fourth-order valence-corrected chi connectivity index (χ4v) is 3.03. The first-order valence-corrected chi connectivity index (χ1v) is 9.83. The topological polar surface area (TPSA) is 91.8 Å². The number of rotatable bonds is 9. The highest BCUT2D eigenvalue weighted by molar-refractivity contribution is 7.89. The number of hydrogen-bond acceptors (Lipinski definition) is 4. The third-order valence-electron chi connectivity index (χ3n) is 3.85. The summed E-state index contributed by atoms with van der Waals surface area (Å²) in [7, 11) is -0.292. The first-order chi connectivity index (χ1) is 11.8. The molecule has 25 heavy (non-hydrogen) atoms. The van der Waals surface area contributed by atoms with E-state index in [1.165, 1.54) is 7.11 Å². The SMILES string of the molecule is CN=C(NCc1cccc(S(=O)(=O)NCCOC)c1)NC(C)C(C)C. The van der Waals surface area contributed by atoms with Gasteiger partial charge in [0.2, 0.25) is 10.0 Å². The smallest absolute Gasteiger partial charge is 0.240 e. The zero-order chi connectivity index (χ0) is 18.9. The molecule has 3 N–H and O–H groups in total. The van der Waals surface area contributed by atoms with Gasteiger partial charge in [-0.3, -0.25) is 4.99 Å². The highest BCUT2D eigenvalue weighted by Crippen LogP contribution is 2.11. The average molecular weight is 371 g/mol. The van der Waals surface area contributed by atoms with Crippen molar-refractivity contribution < 1.29 is 13.2 Å². The highest BCUT2D eigenvalue weighted by Gasteiger charge is 2.14. The Morgan fingerprint density at radius 1 is 1.28 bits per heavy atom. The van der Waals surface area contributed by atoms with E-state index in [4.69, 9.17) is 4.74 Å². The van der Waals surface area contributed by atoms with Gasteiger partial charge in [0.05, 0.1) is 11.5 Å². The maximum Gasteiger partial charge on any atom is 0.240 e. The van der Waals surface area contributed by atoms with E-state index >= 15 is 0 Å². The number of guanidine groups is 1. The van der Waals surface area contributed by atoms with Crippen molar-refractivity contribution in [2.24, 2.45) is 10.9 Å².